The zero-order chi connectivity index (χ0) is 17.8. The SMILES string of the molecule is COc1ccc(NC(=O)[C@H]2CCCN(c3nc(C)cc(C)n3)C2)cn1. The number of pyridine rings is 1. The molecule has 1 amide bonds. The molecule has 3 heterocycles. The van der Waals surface area contributed by atoms with Gasteiger partial charge in [-0.1, -0.05) is 0 Å². The van der Waals surface area contributed by atoms with E-state index in [4.69, 9.17) is 4.74 Å². The first-order valence-corrected chi connectivity index (χ1v) is 8.43. The van der Waals surface area contributed by atoms with Gasteiger partial charge in [-0.25, -0.2) is 15.0 Å². The monoisotopic (exact) mass is 341 g/mol. The number of nitrogens with zero attached hydrogens (tertiary/aromatic N) is 4. The van der Waals surface area contributed by atoms with Gasteiger partial charge < -0.3 is 15.0 Å². The molecule has 25 heavy (non-hydrogen) atoms. The molecular formula is C18H23N5O2. The smallest absolute Gasteiger partial charge is 0.229 e. The lowest BCUT2D eigenvalue weighted by Crippen LogP contribution is -2.41. The number of ether oxygens (including phenoxy) is 1. The van der Waals surface area contributed by atoms with E-state index in [2.05, 4.69) is 25.2 Å². The summed E-state index contributed by atoms with van der Waals surface area (Å²) >= 11 is 0. The normalized spacial score (nSPS) is 17.2. The average Bonchev–Trinajstić information content (AvgIpc) is 2.61. The number of methoxy groups -OCH3 is 1. The Morgan fingerprint density at radius 3 is 2.68 bits per heavy atom. The molecule has 3 rings (SSSR count). The largest absolute Gasteiger partial charge is 0.481 e. The van der Waals surface area contributed by atoms with Crippen LogP contribution in [0.2, 0.25) is 0 Å². The fourth-order valence-corrected chi connectivity index (χ4v) is 3.04. The van der Waals surface area contributed by atoms with Crippen molar-refractivity contribution in [2.24, 2.45) is 5.92 Å². The van der Waals surface area contributed by atoms with Crippen LogP contribution < -0.4 is 15.0 Å². The highest BCUT2D eigenvalue weighted by molar-refractivity contribution is 5.92. The first kappa shape index (κ1) is 17.1. The highest BCUT2D eigenvalue weighted by atomic mass is 16.5. The molecular weight excluding hydrogens is 318 g/mol. The number of hydrogen-bond acceptors (Lipinski definition) is 6. The van der Waals surface area contributed by atoms with Crippen LogP contribution in [0, 0.1) is 19.8 Å². The lowest BCUT2D eigenvalue weighted by molar-refractivity contribution is -0.120. The molecule has 2 aromatic heterocycles. The Bertz CT molecular complexity index is 727. The minimum absolute atomic E-state index is 0.000965. The number of rotatable bonds is 4. The number of carbonyl (C=O) groups is 1. The highest BCUT2D eigenvalue weighted by Crippen LogP contribution is 2.22. The maximum atomic E-state index is 12.6. The minimum Gasteiger partial charge on any atom is -0.481 e. The molecule has 0 radical (unpaired) electrons. The van der Waals surface area contributed by atoms with Gasteiger partial charge in [-0.3, -0.25) is 4.79 Å². The van der Waals surface area contributed by atoms with Crippen molar-refractivity contribution in [3.63, 3.8) is 0 Å². The number of nitrogens with one attached hydrogen (secondary N) is 1. The summed E-state index contributed by atoms with van der Waals surface area (Å²) in [4.78, 5) is 27.8. The molecule has 1 fully saturated rings. The van der Waals surface area contributed by atoms with Crippen molar-refractivity contribution in [1.82, 2.24) is 15.0 Å². The lowest BCUT2D eigenvalue weighted by Gasteiger charge is -2.32. The van der Waals surface area contributed by atoms with Gasteiger partial charge >= 0.3 is 0 Å². The summed E-state index contributed by atoms with van der Waals surface area (Å²) < 4.78 is 5.03. The number of hydrogen-bond donors (Lipinski definition) is 1. The Morgan fingerprint density at radius 1 is 1.28 bits per heavy atom. The van der Waals surface area contributed by atoms with Gasteiger partial charge in [0.05, 0.1) is 24.9 Å². The summed E-state index contributed by atoms with van der Waals surface area (Å²) in [5, 5.41) is 2.93. The molecule has 0 bridgehead atoms. The van der Waals surface area contributed by atoms with Crippen molar-refractivity contribution in [1.29, 1.82) is 0 Å². The second-order valence-corrected chi connectivity index (χ2v) is 6.31. The summed E-state index contributed by atoms with van der Waals surface area (Å²) in [5.74, 6) is 1.14. The van der Waals surface area contributed by atoms with E-state index in [1.165, 1.54) is 0 Å². The van der Waals surface area contributed by atoms with Gasteiger partial charge in [0.25, 0.3) is 0 Å². The van der Waals surface area contributed by atoms with Crippen LogP contribution in [0.25, 0.3) is 0 Å². The number of piperidine rings is 1. The molecule has 7 nitrogen and oxygen atoms in total. The van der Waals surface area contributed by atoms with Crippen LogP contribution in [0.5, 0.6) is 5.88 Å². The van der Waals surface area contributed by atoms with Crippen LogP contribution in [0.4, 0.5) is 11.6 Å². The fraction of sp³-hybridized carbons (Fsp3) is 0.444. The molecule has 1 saturated heterocycles. The molecule has 1 aliphatic rings. The van der Waals surface area contributed by atoms with Gasteiger partial charge in [0.2, 0.25) is 17.7 Å². The third-order valence-electron chi connectivity index (χ3n) is 4.26. The van der Waals surface area contributed by atoms with Crippen LogP contribution in [0.15, 0.2) is 24.4 Å². The van der Waals surface area contributed by atoms with E-state index in [9.17, 15) is 4.79 Å². The van der Waals surface area contributed by atoms with Gasteiger partial charge in [0.15, 0.2) is 0 Å². The average molecular weight is 341 g/mol. The molecule has 0 spiro atoms. The Hall–Kier alpha value is -2.70. The predicted molar refractivity (Wildman–Crippen MR) is 95.9 cm³/mol. The standard InChI is InChI=1S/C18H23N5O2/c1-12-9-13(2)21-18(20-12)23-8-4-5-14(11-23)17(24)22-15-6-7-16(25-3)19-10-15/h6-7,9-10,14H,4-5,8,11H2,1-3H3,(H,22,24)/t14-/m0/s1. The molecule has 2 aromatic rings. The van der Waals surface area contributed by atoms with Crippen molar-refractivity contribution in [2.45, 2.75) is 26.7 Å². The van der Waals surface area contributed by atoms with E-state index in [1.54, 1.807) is 25.4 Å². The van der Waals surface area contributed by atoms with Crippen LogP contribution in [0.3, 0.4) is 0 Å². The van der Waals surface area contributed by atoms with E-state index in [-0.39, 0.29) is 11.8 Å². The maximum Gasteiger partial charge on any atom is 0.229 e. The zero-order valence-corrected chi connectivity index (χ0v) is 14.8. The first-order valence-electron chi connectivity index (χ1n) is 8.43. The predicted octanol–water partition coefficient (Wildman–Crippen LogP) is 2.35. The van der Waals surface area contributed by atoms with Gasteiger partial charge in [0.1, 0.15) is 0 Å². The van der Waals surface area contributed by atoms with Crippen molar-refractivity contribution in [3.05, 3.63) is 35.8 Å². The van der Waals surface area contributed by atoms with E-state index >= 15 is 0 Å². The third-order valence-corrected chi connectivity index (χ3v) is 4.26. The molecule has 1 atom stereocenters. The molecule has 0 unspecified atom stereocenters. The summed E-state index contributed by atoms with van der Waals surface area (Å²) in [6.45, 7) is 5.42. The van der Waals surface area contributed by atoms with E-state index in [1.807, 2.05) is 19.9 Å². The Morgan fingerprint density at radius 2 is 2.04 bits per heavy atom. The Labute approximate surface area is 147 Å². The first-order chi connectivity index (χ1) is 12.0. The molecule has 7 heteroatoms. The van der Waals surface area contributed by atoms with Crippen molar-refractivity contribution >= 4 is 17.5 Å². The van der Waals surface area contributed by atoms with Crippen LogP contribution in [0.1, 0.15) is 24.2 Å². The van der Waals surface area contributed by atoms with Gasteiger partial charge in [-0.05, 0) is 38.8 Å². The number of amides is 1. The topological polar surface area (TPSA) is 80.2 Å². The summed E-state index contributed by atoms with van der Waals surface area (Å²) in [7, 11) is 1.56. The molecule has 0 aromatic carbocycles. The van der Waals surface area contributed by atoms with Gasteiger partial charge in [0, 0.05) is 30.5 Å². The molecule has 132 valence electrons. The van der Waals surface area contributed by atoms with Crippen LogP contribution >= 0.6 is 0 Å². The second-order valence-electron chi connectivity index (χ2n) is 6.31. The van der Waals surface area contributed by atoms with E-state index in [0.717, 1.165) is 30.8 Å². The Balaban J connectivity index is 1.66. The Kier molecular flexibility index (Phi) is 5.11. The van der Waals surface area contributed by atoms with Gasteiger partial charge in [-0.15, -0.1) is 0 Å². The zero-order valence-electron chi connectivity index (χ0n) is 14.8. The van der Waals surface area contributed by atoms with Crippen molar-refractivity contribution in [3.8, 4) is 5.88 Å². The summed E-state index contributed by atoms with van der Waals surface area (Å²) in [5.41, 5.74) is 2.56. The maximum absolute atomic E-state index is 12.6. The lowest BCUT2D eigenvalue weighted by atomic mass is 9.97. The fourth-order valence-electron chi connectivity index (χ4n) is 3.04. The van der Waals surface area contributed by atoms with Gasteiger partial charge in [-0.2, -0.15) is 0 Å². The molecule has 0 saturated carbocycles. The third kappa shape index (κ3) is 4.23. The number of anilines is 2. The van der Waals surface area contributed by atoms with Crippen molar-refractivity contribution in [2.75, 3.05) is 30.4 Å². The van der Waals surface area contributed by atoms with E-state index in [0.29, 0.717) is 24.1 Å². The summed E-state index contributed by atoms with van der Waals surface area (Å²) in [6, 6.07) is 5.47. The minimum atomic E-state index is -0.0970. The van der Waals surface area contributed by atoms with E-state index < -0.39 is 0 Å². The quantitative estimate of drug-likeness (QED) is 0.919. The second kappa shape index (κ2) is 7.46. The number of carbonyl (C=O) groups excluding carboxylic acids is 1. The number of aromatic nitrogens is 3. The number of aryl methyl sites for hydroxylation is 2. The molecule has 1 aliphatic heterocycles. The summed E-state index contributed by atoms with van der Waals surface area (Å²) in [6.07, 6.45) is 3.40. The van der Waals surface area contributed by atoms with Crippen LogP contribution in [-0.4, -0.2) is 41.1 Å². The highest BCUT2D eigenvalue weighted by Gasteiger charge is 2.27. The van der Waals surface area contributed by atoms with Crippen molar-refractivity contribution < 1.29 is 9.53 Å². The van der Waals surface area contributed by atoms with Crippen LogP contribution in [-0.2, 0) is 4.79 Å². The molecule has 1 N–H and O–H groups in total. The molecule has 0 aliphatic carbocycles.